The standard InChI is InChI=1S/C15H21N3/c1-12(11-18(2)3)17-9-13-4-5-15-10-16-7-6-14(15)8-13/h4-8,10,12,17H,9,11H2,1-3H3. The average molecular weight is 243 g/mol. The van der Waals surface area contributed by atoms with Crippen LogP contribution in [0.3, 0.4) is 0 Å². The van der Waals surface area contributed by atoms with Crippen molar-refractivity contribution >= 4 is 10.8 Å². The first-order valence-corrected chi connectivity index (χ1v) is 6.36. The third-order valence-corrected chi connectivity index (χ3v) is 3.00. The maximum Gasteiger partial charge on any atom is 0.0346 e. The van der Waals surface area contributed by atoms with E-state index in [0.717, 1.165) is 13.1 Å². The number of benzene rings is 1. The van der Waals surface area contributed by atoms with Crippen molar-refractivity contribution in [2.24, 2.45) is 0 Å². The number of hydrogen-bond donors (Lipinski definition) is 1. The van der Waals surface area contributed by atoms with Gasteiger partial charge in [0.1, 0.15) is 0 Å². The normalized spacial score (nSPS) is 13.1. The molecule has 2 rings (SSSR count). The number of rotatable bonds is 5. The van der Waals surface area contributed by atoms with Crippen molar-refractivity contribution in [2.45, 2.75) is 19.5 Å². The SMILES string of the molecule is CC(CN(C)C)NCc1ccc2cnccc2c1. The molecule has 2 aromatic rings. The zero-order valence-electron chi connectivity index (χ0n) is 11.4. The molecule has 0 radical (unpaired) electrons. The monoisotopic (exact) mass is 243 g/mol. The van der Waals surface area contributed by atoms with Gasteiger partial charge in [-0.25, -0.2) is 0 Å². The Morgan fingerprint density at radius 1 is 1.22 bits per heavy atom. The van der Waals surface area contributed by atoms with Gasteiger partial charge in [-0.3, -0.25) is 4.98 Å². The van der Waals surface area contributed by atoms with E-state index in [-0.39, 0.29) is 0 Å². The van der Waals surface area contributed by atoms with Crippen LogP contribution in [0.1, 0.15) is 12.5 Å². The van der Waals surface area contributed by atoms with Gasteiger partial charge in [0, 0.05) is 36.9 Å². The molecule has 1 unspecified atom stereocenters. The smallest absolute Gasteiger partial charge is 0.0346 e. The van der Waals surface area contributed by atoms with Crippen LogP contribution in [-0.2, 0) is 6.54 Å². The number of nitrogens with zero attached hydrogens (tertiary/aromatic N) is 2. The van der Waals surface area contributed by atoms with E-state index in [1.165, 1.54) is 16.3 Å². The summed E-state index contributed by atoms with van der Waals surface area (Å²) < 4.78 is 0. The highest BCUT2D eigenvalue weighted by Crippen LogP contribution is 2.14. The van der Waals surface area contributed by atoms with Gasteiger partial charge in [-0.15, -0.1) is 0 Å². The predicted octanol–water partition coefficient (Wildman–Crippen LogP) is 2.27. The summed E-state index contributed by atoms with van der Waals surface area (Å²) in [6.45, 7) is 4.18. The first kappa shape index (κ1) is 13.0. The second-order valence-electron chi connectivity index (χ2n) is 5.10. The molecule has 0 bridgehead atoms. The molecule has 0 saturated carbocycles. The van der Waals surface area contributed by atoms with Crippen molar-refractivity contribution in [1.29, 1.82) is 0 Å². The molecule has 0 aliphatic carbocycles. The molecule has 3 heteroatoms. The van der Waals surface area contributed by atoms with Gasteiger partial charge in [-0.05, 0) is 44.1 Å². The van der Waals surface area contributed by atoms with Crippen molar-refractivity contribution in [3.05, 3.63) is 42.2 Å². The fourth-order valence-electron chi connectivity index (χ4n) is 2.15. The minimum absolute atomic E-state index is 0.494. The summed E-state index contributed by atoms with van der Waals surface area (Å²) in [6, 6.07) is 9.08. The van der Waals surface area contributed by atoms with Gasteiger partial charge in [0.15, 0.2) is 0 Å². The molecule has 3 nitrogen and oxygen atoms in total. The summed E-state index contributed by atoms with van der Waals surface area (Å²) in [6.07, 6.45) is 3.75. The highest BCUT2D eigenvalue weighted by atomic mass is 15.1. The number of fused-ring (bicyclic) bond motifs is 1. The number of nitrogens with one attached hydrogen (secondary N) is 1. The maximum absolute atomic E-state index is 4.13. The lowest BCUT2D eigenvalue weighted by Gasteiger charge is -2.18. The molecule has 0 amide bonds. The molecule has 18 heavy (non-hydrogen) atoms. The fraction of sp³-hybridized carbons (Fsp3) is 0.400. The average Bonchev–Trinajstić information content (AvgIpc) is 2.35. The Morgan fingerprint density at radius 2 is 2.06 bits per heavy atom. The van der Waals surface area contributed by atoms with Gasteiger partial charge in [-0.2, -0.15) is 0 Å². The Hall–Kier alpha value is -1.45. The van der Waals surface area contributed by atoms with Crippen LogP contribution in [0.2, 0.25) is 0 Å². The largest absolute Gasteiger partial charge is 0.309 e. The Kier molecular flexibility index (Phi) is 4.28. The van der Waals surface area contributed by atoms with E-state index in [1.807, 2.05) is 12.4 Å². The zero-order chi connectivity index (χ0) is 13.0. The van der Waals surface area contributed by atoms with E-state index in [2.05, 4.69) is 60.5 Å². The molecule has 0 saturated heterocycles. The second kappa shape index (κ2) is 5.94. The van der Waals surface area contributed by atoms with Crippen molar-refractivity contribution < 1.29 is 0 Å². The van der Waals surface area contributed by atoms with E-state index in [4.69, 9.17) is 0 Å². The van der Waals surface area contributed by atoms with E-state index >= 15 is 0 Å². The molecular weight excluding hydrogens is 222 g/mol. The molecule has 0 aliphatic heterocycles. The molecule has 96 valence electrons. The van der Waals surface area contributed by atoms with E-state index in [1.54, 1.807) is 0 Å². The topological polar surface area (TPSA) is 28.2 Å². The molecule has 0 aliphatic rings. The lowest BCUT2D eigenvalue weighted by molar-refractivity contribution is 0.349. The fourth-order valence-corrected chi connectivity index (χ4v) is 2.15. The highest BCUT2D eigenvalue weighted by molar-refractivity contribution is 5.81. The molecule has 1 aromatic heterocycles. The summed E-state index contributed by atoms with van der Waals surface area (Å²) in [5.41, 5.74) is 1.32. The van der Waals surface area contributed by atoms with Crippen LogP contribution >= 0.6 is 0 Å². The molecule has 1 N–H and O–H groups in total. The van der Waals surface area contributed by atoms with Crippen molar-refractivity contribution in [3.63, 3.8) is 0 Å². The van der Waals surface area contributed by atoms with Crippen LogP contribution in [0.25, 0.3) is 10.8 Å². The second-order valence-corrected chi connectivity index (χ2v) is 5.10. The van der Waals surface area contributed by atoms with Crippen LogP contribution in [0.15, 0.2) is 36.7 Å². The van der Waals surface area contributed by atoms with Crippen molar-refractivity contribution in [2.75, 3.05) is 20.6 Å². The van der Waals surface area contributed by atoms with Crippen LogP contribution < -0.4 is 5.32 Å². The van der Waals surface area contributed by atoms with Crippen LogP contribution in [0.4, 0.5) is 0 Å². The number of hydrogen-bond acceptors (Lipinski definition) is 3. The Balaban J connectivity index is 1.99. The van der Waals surface area contributed by atoms with Gasteiger partial charge in [-0.1, -0.05) is 12.1 Å². The summed E-state index contributed by atoms with van der Waals surface area (Å²) in [5, 5.41) is 5.99. The third-order valence-electron chi connectivity index (χ3n) is 3.00. The third kappa shape index (κ3) is 3.52. The number of aromatic nitrogens is 1. The van der Waals surface area contributed by atoms with Gasteiger partial charge in [0.2, 0.25) is 0 Å². The summed E-state index contributed by atoms with van der Waals surface area (Å²) in [5.74, 6) is 0. The lowest BCUT2D eigenvalue weighted by Crippen LogP contribution is -2.35. The summed E-state index contributed by atoms with van der Waals surface area (Å²) in [7, 11) is 4.20. The Morgan fingerprint density at radius 3 is 2.83 bits per heavy atom. The van der Waals surface area contributed by atoms with E-state index < -0.39 is 0 Å². The van der Waals surface area contributed by atoms with Crippen molar-refractivity contribution in [3.8, 4) is 0 Å². The predicted molar refractivity (Wildman–Crippen MR) is 76.6 cm³/mol. The van der Waals surface area contributed by atoms with Crippen molar-refractivity contribution in [1.82, 2.24) is 15.2 Å². The maximum atomic E-state index is 4.13. The van der Waals surface area contributed by atoms with Gasteiger partial charge >= 0.3 is 0 Å². The Bertz CT molecular complexity index is 508. The molecule has 0 fully saturated rings. The molecule has 0 spiro atoms. The van der Waals surface area contributed by atoms with Gasteiger partial charge < -0.3 is 10.2 Å². The summed E-state index contributed by atoms with van der Waals surface area (Å²) in [4.78, 5) is 6.33. The molecule has 1 heterocycles. The summed E-state index contributed by atoms with van der Waals surface area (Å²) >= 11 is 0. The number of likely N-dealkylation sites (N-methyl/N-ethyl adjacent to an activating group) is 1. The first-order valence-electron chi connectivity index (χ1n) is 6.36. The lowest BCUT2D eigenvalue weighted by atomic mass is 10.1. The molecule has 1 aromatic carbocycles. The highest BCUT2D eigenvalue weighted by Gasteiger charge is 2.03. The quantitative estimate of drug-likeness (QED) is 0.873. The van der Waals surface area contributed by atoms with Crippen LogP contribution in [0.5, 0.6) is 0 Å². The first-order chi connectivity index (χ1) is 8.65. The van der Waals surface area contributed by atoms with Crippen LogP contribution in [-0.4, -0.2) is 36.6 Å². The van der Waals surface area contributed by atoms with E-state index in [0.29, 0.717) is 6.04 Å². The zero-order valence-corrected chi connectivity index (χ0v) is 11.4. The molecule has 1 atom stereocenters. The minimum atomic E-state index is 0.494. The van der Waals surface area contributed by atoms with Gasteiger partial charge in [0.25, 0.3) is 0 Å². The van der Waals surface area contributed by atoms with Crippen LogP contribution in [0, 0.1) is 0 Å². The number of pyridine rings is 1. The minimum Gasteiger partial charge on any atom is -0.309 e. The Labute approximate surface area is 109 Å². The van der Waals surface area contributed by atoms with Gasteiger partial charge in [0.05, 0.1) is 0 Å². The molecular formula is C15H21N3. The van der Waals surface area contributed by atoms with E-state index in [9.17, 15) is 0 Å².